The lowest BCUT2D eigenvalue weighted by atomic mass is 10.1. The zero-order valence-electron chi connectivity index (χ0n) is 13.3. The minimum absolute atomic E-state index is 0.201. The molecule has 0 radical (unpaired) electrons. The highest BCUT2D eigenvalue weighted by Gasteiger charge is 2.17. The number of rotatable bonds is 4. The number of nitrogens with zero attached hydrogens (tertiary/aromatic N) is 6. The second kappa shape index (κ2) is 6.11. The molecule has 0 saturated carbocycles. The van der Waals surface area contributed by atoms with Gasteiger partial charge in [-0.1, -0.05) is 24.3 Å². The quantitative estimate of drug-likeness (QED) is 0.579. The van der Waals surface area contributed by atoms with Gasteiger partial charge in [0.15, 0.2) is 5.65 Å². The second-order valence-corrected chi connectivity index (χ2v) is 5.46. The smallest absolute Gasteiger partial charge is 0.257 e. The summed E-state index contributed by atoms with van der Waals surface area (Å²) in [6.45, 7) is 2.19. The van der Waals surface area contributed by atoms with E-state index in [4.69, 9.17) is 0 Å². The van der Waals surface area contributed by atoms with Gasteiger partial charge >= 0.3 is 0 Å². The highest BCUT2D eigenvalue weighted by atomic mass is 16.1. The van der Waals surface area contributed by atoms with Crippen LogP contribution in [-0.2, 0) is 6.54 Å². The van der Waals surface area contributed by atoms with Gasteiger partial charge in [-0.2, -0.15) is 10.3 Å². The Hall–Kier alpha value is -3.62. The van der Waals surface area contributed by atoms with Crippen LogP contribution in [0.3, 0.4) is 0 Å². The molecule has 3 heterocycles. The molecule has 0 atom stereocenters. The number of carbonyl (C=O) groups excluding carboxylic acids is 1. The molecule has 0 aliphatic heterocycles. The van der Waals surface area contributed by atoms with E-state index in [2.05, 4.69) is 36.0 Å². The van der Waals surface area contributed by atoms with Crippen molar-refractivity contribution >= 4 is 11.6 Å². The van der Waals surface area contributed by atoms with Gasteiger partial charge in [0.05, 0.1) is 5.69 Å². The fraction of sp³-hybridized carbons (Fsp3) is 0.125. The summed E-state index contributed by atoms with van der Waals surface area (Å²) in [5.41, 5.74) is 3.49. The monoisotopic (exact) mass is 334 g/mol. The average molecular weight is 334 g/mol. The van der Waals surface area contributed by atoms with Crippen LogP contribution >= 0.6 is 0 Å². The van der Waals surface area contributed by atoms with Crippen molar-refractivity contribution in [3.63, 3.8) is 0 Å². The van der Waals surface area contributed by atoms with Crippen molar-refractivity contribution in [2.24, 2.45) is 0 Å². The van der Waals surface area contributed by atoms with E-state index in [1.165, 1.54) is 0 Å². The van der Waals surface area contributed by atoms with Crippen molar-refractivity contribution in [3.8, 4) is 11.4 Å². The fourth-order valence-corrected chi connectivity index (χ4v) is 2.59. The van der Waals surface area contributed by atoms with Crippen LogP contribution in [0.5, 0.6) is 0 Å². The molecule has 3 aromatic heterocycles. The summed E-state index contributed by atoms with van der Waals surface area (Å²) in [6, 6.07) is 9.36. The molecule has 9 nitrogen and oxygen atoms in total. The number of hydrogen-bond donors (Lipinski definition) is 2. The third-order valence-corrected chi connectivity index (χ3v) is 3.81. The van der Waals surface area contributed by atoms with Gasteiger partial charge in [-0.05, 0) is 23.8 Å². The first-order valence-corrected chi connectivity index (χ1v) is 7.63. The standard InChI is InChI=1S/C16H14N8O/c1-10-13(15-17-7-2-8-24(15)21-10)16(25)18-9-11-3-5-12(6-4-11)14-19-22-23-20-14/h2-8H,9H2,1H3,(H,18,25)(H,19,20,22,23). The average Bonchev–Trinajstić information content (AvgIpc) is 3.27. The first-order valence-electron chi connectivity index (χ1n) is 7.63. The summed E-state index contributed by atoms with van der Waals surface area (Å²) < 4.78 is 1.60. The predicted octanol–water partition coefficient (Wildman–Crippen LogP) is 1.15. The Balaban J connectivity index is 1.49. The Labute approximate surface area is 142 Å². The molecule has 1 amide bonds. The van der Waals surface area contributed by atoms with Gasteiger partial charge < -0.3 is 5.32 Å². The van der Waals surface area contributed by atoms with Crippen LogP contribution in [0.25, 0.3) is 17.0 Å². The first-order chi connectivity index (χ1) is 12.2. The van der Waals surface area contributed by atoms with Crippen molar-refractivity contribution in [1.82, 2.24) is 40.5 Å². The van der Waals surface area contributed by atoms with Gasteiger partial charge in [-0.25, -0.2) is 9.50 Å². The number of aryl methyl sites for hydroxylation is 1. The molecule has 0 saturated heterocycles. The second-order valence-electron chi connectivity index (χ2n) is 5.46. The lowest BCUT2D eigenvalue weighted by Crippen LogP contribution is -2.23. The molecule has 4 aromatic rings. The zero-order valence-corrected chi connectivity index (χ0v) is 13.3. The van der Waals surface area contributed by atoms with Crippen molar-refractivity contribution in [2.75, 3.05) is 0 Å². The highest BCUT2D eigenvalue weighted by molar-refractivity contribution is 6.00. The van der Waals surface area contributed by atoms with Crippen LogP contribution in [0.15, 0.2) is 42.7 Å². The molecule has 0 aliphatic rings. The number of amides is 1. The largest absolute Gasteiger partial charge is 0.348 e. The lowest BCUT2D eigenvalue weighted by Gasteiger charge is -2.05. The third kappa shape index (κ3) is 2.82. The number of H-pyrrole nitrogens is 1. The molecular formula is C16H14N8O. The fourth-order valence-electron chi connectivity index (χ4n) is 2.59. The lowest BCUT2D eigenvalue weighted by molar-refractivity contribution is 0.0951. The highest BCUT2D eigenvalue weighted by Crippen LogP contribution is 2.15. The van der Waals surface area contributed by atoms with Gasteiger partial charge in [-0.3, -0.25) is 4.79 Å². The summed E-state index contributed by atoms with van der Waals surface area (Å²) in [6.07, 6.45) is 3.41. The van der Waals surface area contributed by atoms with Crippen LogP contribution in [0.4, 0.5) is 0 Å². The maximum atomic E-state index is 12.5. The van der Waals surface area contributed by atoms with Crippen molar-refractivity contribution in [3.05, 3.63) is 59.5 Å². The van der Waals surface area contributed by atoms with Gasteiger partial charge in [-0.15, -0.1) is 10.2 Å². The van der Waals surface area contributed by atoms with Crippen molar-refractivity contribution in [2.45, 2.75) is 13.5 Å². The molecule has 0 spiro atoms. The van der Waals surface area contributed by atoms with Crippen LogP contribution in [0, 0.1) is 6.92 Å². The van der Waals surface area contributed by atoms with Crippen molar-refractivity contribution in [1.29, 1.82) is 0 Å². The summed E-state index contributed by atoms with van der Waals surface area (Å²) in [4.78, 5) is 16.8. The number of tetrazole rings is 1. The molecule has 2 N–H and O–H groups in total. The maximum absolute atomic E-state index is 12.5. The summed E-state index contributed by atoms with van der Waals surface area (Å²) in [5.74, 6) is 0.331. The molecule has 0 fully saturated rings. The van der Waals surface area contributed by atoms with Crippen LogP contribution in [0.1, 0.15) is 21.6 Å². The van der Waals surface area contributed by atoms with Crippen LogP contribution in [-0.4, -0.2) is 41.1 Å². The zero-order chi connectivity index (χ0) is 17.2. The number of benzene rings is 1. The molecule has 25 heavy (non-hydrogen) atoms. The Bertz CT molecular complexity index is 1020. The summed E-state index contributed by atoms with van der Waals surface area (Å²) >= 11 is 0. The Morgan fingerprint density at radius 1 is 1.28 bits per heavy atom. The van der Waals surface area contributed by atoms with E-state index in [-0.39, 0.29) is 5.91 Å². The van der Waals surface area contributed by atoms with Crippen LogP contribution in [0.2, 0.25) is 0 Å². The molecule has 0 aliphatic carbocycles. The maximum Gasteiger partial charge on any atom is 0.257 e. The van der Waals surface area contributed by atoms with E-state index in [0.29, 0.717) is 29.3 Å². The number of fused-ring (bicyclic) bond motifs is 1. The normalized spacial score (nSPS) is 10.9. The molecule has 1 aromatic carbocycles. The van der Waals surface area contributed by atoms with Crippen molar-refractivity contribution < 1.29 is 4.79 Å². The molecule has 9 heteroatoms. The van der Waals surface area contributed by atoms with E-state index in [1.807, 2.05) is 24.3 Å². The number of aromatic nitrogens is 7. The van der Waals surface area contributed by atoms with Gasteiger partial charge in [0, 0.05) is 24.5 Å². The summed E-state index contributed by atoms with van der Waals surface area (Å²) in [7, 11) is 0. The van der Waals surface area contributed by atoms with Gasteiger partial charge in [0.1, 0.15) is 5.56 Å². The van der Waals surface area contributed by atoms with E-state index >= 15 is 0 Å². The topological polar surface area (TPSA) is 114 Å². The molecule has 0 bridgehead atoms. The van der Waals surface area contributed by atoms with E-state index in [9.17, 15) is 4.79 Å². The SMILES string of the molecule is Cc1nn2cccnc2c1C(=O)NCc1ccc(-c2nn[nH]n2)cc1. The Kier molecular flexibility index (Phi) is 3.65. The first kappa shape index (κ1) is 14.9. The van der Waals surface area contributed by atoms with E-state index < -0.39 is 0 Å². The van der Waals surface area contributed by atoms with E-state index in [1.54, 1.807) is 29.9 Å². The Morgan fingerprint density at radius 2 is 2.12 bits per heavy atom. The van der Waals surface area contributed by atoms with Crippen LogP contribution < -0.4 is 5.32 Å². The number of carbonyl (C=O) groups is 1. The number of nitrogens with one attached hydrogen (secondary N) is 2. The molecule has 124 valence electrons. The Morgan fingerprint density at radius 3 is 2.88 bits per heavy atom. The minimum Gasteiger partial charge on any atom is -0.348 e. The molecule has 4 rings (SSSR count). The summed E-state index contributed by atoms with van der Waals surface area (Å²) in [5, 5.41) is 21.0. The van der Waals surface area contributed by atoms with E-state index in [0.717, 1.165) is 11.1 Å². The predicted molar refractivity (Wildman–Crippen MR) is 88.5 cm³/mol. The van der Waals surface area contributed by atoms with Gasteiger partial charge in [0.2, 0.25) is 5.82 Å². The van der Waals surface area contributed by atoms with Gasteiger partial charge in [0.25, 0.3) is 5.91 Å². The third-order valence-electron chi connectivity index (χ3n) is 3.81. The molecular weight excluding hydrogens is 320 g/mol. The number of aromatic amines is 1. The number of hydrogen-bond acceptors (Lipinski definition) is 6. The minimum atomic E-state index is -0.201. The molecule has 0 unspecified atom stereocenters.